The lowest BCUT2D eigenvalue weighted by molar-refractivity contribution is -0.145. The lowest BCUT2D eigenvalue weighted by Crippen LogP contribution is -2.46. The highest BCUT2D eigenvalue weighted by Gasteiger charge is 2.47. The summed E-state index contributed by atoms with van der Waals surface area (Å²) >= 11 is 6.99. The van der Waals surface area contributed by atoms with Crippen LogP contribution in [0.15, 0.2) is 41.9 Å². The molecule has 0 saturated carbocycles. The van der Waals surface area contributed by atoms with Gasteiger partial charge >= 0.3 is 12.1 Å². The number of nitrogens with one attached hydrogen (secondary N) is 1. The Kier molecular flexibility index (Phi) is 6.00. The molecule has 1 N–H and O–H groups in total. The standard InChI is InChI=1S/C19H14ClF4N3O2S/c1-10-9-30-17(26-10)27-18(16(28)29-2,15-4-3-13(20)8-25-15)11-5-12(19(22,23)24)7-14(21)6-11/h3-9H,1-2H3,(H,26,27). The minimum atomic E-state index is -4.84. The van der Waals surface area contributed by atoms with Gasteiger partial charge in [-0.1, -0.05) is 11.6 Å². The number of ether oxygens (including phenoxy) is 1. The zero-order valence-electron chi connectivity index (χ0n) is 15.6. The predicted octanol–water partition coefficient (Wildman–Crippen LogP) is 5.19. The van der Waals surface area contributed by atoms with Gasteiger partial charge in [-0.3, -0.25) is 4.98 Å². The third-order valence-corrected chi connectivity index (χ3v) is 5.27. The van der Waals surface area contributed by atoms with E-state index >= 15 is 0 Å². The third kappa shape index (κ3) is 4.24. The molecule has 0 spiro atoms. The molecule has 3 rings (SSSR count). The van der Waals surface area contributed by atoms with E-state index in [1.165, 1.54) is 18.3 Å². The molecule has 1 atom stereocenters. The largest absolute Gasteiger partial charge is 0.467 e. The van der Waals surface area contributed by atoms with E-state index in [1.54, 1.807) is 12.3 Å². The van der Waals surface area contributed by atoms with E-state index in [4.69, 9.17) is 16.3 Å². The van der Waals surface area contributed by atoms with Crippen LogP contribution < -0.4 is 5.32 Å². The van der Waals surface area contributed by atoms with Gasteiger partial charge in [0.1, 0.15) is 5.82 Å². The van der Waals surface area contributed by atoms with Gasteiger partial charge < -0.3 is 10.1 Å². The van der Waals surface area contributed by atoms with Crippen molar-refractivity contribution >= 4 is 34.0 Å². The van der Waals surface area contributed by atoms with E-state index in [-0.39, 0.29) is 21.4 Å². The zero-order valence-corrected chi connectivity index (χ0v) is 17.1. The molecule has 158 valence electrons. The van der Waals surface area contributed by atoms with Crippen molar-refractivity contribution in [1.29, 1.82) is 0 Å². The number of thiazole rings is 1. The van der Waals surface area contributed by atoms with Crippen LogP contribution in [0.2, 0.25) is 5.02 Å². The fourth-order valence-electron chi connectivity index (χ4n) is 2.85. The number of aryl methyl sites for hydroxylation is 1. The Hall–Kier alpha value is -2.72. The molecule has 1 aromatic carbocycles. The van der Waals surface area contributed by atoms with Gasteiger partial charge in [-0.15, -0.1) is 11.3 Å². The van der Waals surface area contributed by atoms with Crippen molar-refractivity contribution in [3.05, 3.63) is 75.3 Å². The number of benzene rings is 1. The summed E-state index contributed by atoms with van der Waals surface area (Å²) in [6.45, 7) is 1.70. The van der Waals surface area contributed by atoms with Gasteiger partial charge in [0.15, 0.2) is 5.13 Å². The van der Waals surface area contributed by atoms with Gasteiger partial charge in [0, 0.05) is 11.6 Å². The van der Waals surface area contributed by atoms with Crippen LogP contribution in [0.3, 0.4) is 0 Å². The molecule has 30 heavy (non-hydrogen) atoms. The number of alkyl halides is 3. The van der Waals surface area contributed by atoms with E-state index in [0.29, 0.717) is 17.8 Å². The van der Waals surface area contributed by atoms with E-state index < -0.39 is 29.1 Å². The van der Waals surface area contributed by atoms with Crippen LogP contribution in [-0.4, -0.2) is 23.0 Å². The van der Waals surface area contributed by atoms with Crippen molar-refractivity contribution in [2.75, 3.05) is 12.4 Å². The molecular weight excluding hydrogens is 446 g/mol. The summed E-state index contributed by atoms with van der Waals surface area (Å²) in [5, 5.41) is 4.92. The maximum atomic E-state index is 14.2. The quantitative estimate of drug-likeness (QED) is 0.420. The maximum absolute atomic E-state index is 14.2. The molecule has 11 heteroatoms. The van der Waals surface area contributed by atoms with Crippen molar-refractivity contribution in [3.63, 3.8) is 0 Å². The molecule has 0 radical (unpaired) electrons. The van der Waals surface area contributed by atoms with Gasteiger partial charge in [0.05, 0.1) is 29.1 Å². The minimum absolute atomic E-state index is 0.0506. The number of aromatic nitrogens is 2. The van der Waals surface area contributed by atoms with Crippen LogP contribution in [0, 0.1) is 12.7 Å². The SMILES string of the molecule is COC(=O)C(Nc1nc(C)cs1)(c1cc(F)cc(C(F)(F)F)c1)c1ccc(Cl)cn1. The molecular formula is C19H14ClF4N3O2S. The summed E-state index contributed by atoms with van der Waals surface area (Å²) in [4.78, 5) is 21.3. The van der Waals surface area contributed by atoms with Gasteiger partial charge in [-0.2, -0.15) is 13.2 Å². The highest BCUT2D eigenvalue weighted by molar-refractivity contribution is 7.13. The summed E-state index contributed by atoms with van der Waals surface area (Å²) in [7, 11) is 1.06. The summed E-state index contributed by atoms with van der Waals surface area (Å²) in [6, 6.07) is 4.57. The number of pyridine rings is 1. The predicted molar refractivity (Wildman–Crippen MR) is 104 cm³/mol. The summed E-state index contributed by atoms with van der Waals surface area (Å²) in [5.74, 6) is -2.19. The van der Waals surface area contributed by atoms with E-state index in [0.717, 1.165) is 24.5 Å². The highest BCUT2D eigenvalue weighted by Crippen LogP contribution is 2.39. The van der Waals surface area contributed by atoms with Gasteiger partial charge in [0.25, 0.3) is 0 Å². The number of methoxy groups -OCH3 is 1. The second kappa shape index (κ2) is 8.19. The number of nitrogens with zero attached hydrogens (tertiary/aromatic N) is 2. The number of carbonyl (C=O) groups is 1. The summed E-state index contributed by atoms with van der Waals surface area (Å²) in [5.41, 5.74) is -3.18. The van der Waals surface area contributed by atoms with Crippen LogP contribution in [0.5, 0.6) is 0 Å². The number of esters is 1. The molecule has 0 saturated heterocycles. The Morgan fingerprint density at radius 2 is 1.90 bits per heavy atom. The lowest BCUT2D eigenvalue weighted by atomic mass is 9.85. The molecule has 2 heterocycles. The van der Waals surface area contributed by atoms with E-state index in [1.807, 2.05) is 0 Å². The minimum Gasteiger partial charge on any atom is -0.467 e. The topological polar surface area (TPSA) is 64.1 Å². The Labute approximate surface area is 177 Å². The smallest absolute Gasteiger partial charge is 0.416 e. The summed E-state index contributed by atoms with van der Waals surface area (Å²) < 4.78 is 59.2. The average Bonchev–Trinajstić information content (AvgIpc) is 3.09. The first kappa shape index (κ1) is 22.0. The fraction of sp³-hybridized carbons (Fsp3) is 0.211. The van der Waals surface area contributed by atoms with E-state index in [9.17, 15) is 22.4 Å². The van der Waals surface area contributed by atoms with Crippen molar-refractivity contribution in [1.82, 2.24) is 9.97 Å². The Morgan fingerprint density at radius 1 is 1.20 bits per heavy atom. The van der Waals surface area contributed by atoms with Gasteiger partial charge in [0.2, 0.25) is 5.54 Å². The Bertz CT molecular complexity index is 1070. The van der Waals surface area contributed by atoms with Crippen LogP contribution >= 0.6 is 22.9 Å². The van der Waals surface area contributed by atoms with Crippen LogP contribution in [0.1, 0.15) is 22.5 Å². The molecule has 3 aromatic rings. The van der Waals surface area contributed by atoms with Gasteiger partial charge in [-0.05, 0) is 42.8 Å². The van der Waals surface area contributed by atoms with Crippen molar-refractivity contribution in [2.45, 2.75) is 18.6 Å². The number of carbonyl (C=O) groups excluding carboxylic acids is 1. The van der Waals surface area contributed by atoms with Crippen LogP contribution in [-0.2, 0) is 21.2 Å². The summed E-state index contributed by atoms with van der Waals surface area (Å²) in [6.07, 6.45) is -3.63. The fourth-order valence-corrected chi connectivity index (χ4v) is 3.71. The first-order valence-corrected chi connectivity index (χ1v) is 9.61. The number of rotatable bonds is 5. The maximum Gasteiger partial charge on any atom is 0.416 e. The molecule has 0 amide bonds. The first-order chi connectivity index (χ1) is 14.1. The number of halogens is 5. The van der Waals surface area contributed by atoms with Crippen molar-refractivity contribution in [3.8, 4) is 0 Å². The molecule has 0 aliphatic heterocycles. The Balaban J connectivity index is 2.34. The zero-order chi connectivity index (χ0) is 22.1. The van der Waals surface area contributed by atoms with Gasteiger partial charge in [-0.25, -0.2) is 14.2 Å². The highest BCUT2D eigenvalue weighted by atomic mass is 35.5. The molecule has 2 aromatic heterocycles. The van der Waals surface area contributed by atoms with E-state index in [2.05, 4.69) is 15.3 Å². The van der Waals surface area contributed by atoms with Crippen molar-refractivity contribution in [2.24, 2.45) is 0 Å². The Morgan fingerprint density at radius 3 is 2.43 bits per heavy atom. The monoisotopic (exact) mass is 459 g/mol. The van der Waals surface area contributed by atoms with Crippen molar-refractivity contribution < 1.29 is 27.1 Å². The molecule has 0 bridgehead atoms. The molecule has 5 nitrogen and oxygen atoms in total. The molecule has 1 unspecified atom stereocenters. The molecule has 0 fully saturated rings. The average molecular weight is 460 g/mol. The van der Waals surface area contributed by atoms with Crippen LogP contribution in [0.4, 0.5) is 22.7 Å². The number of hydrogen-bond acceptors (Lipinski definition) is 6. The number of hydrogen-bond donors (Lipinski definition) is 1. The second-order valence-electron chi connectivity index (χ2n) is 6.25. The normalized spacial score (nSPS) is 13.6. The molecule has 0 aliphatic rings. The number of anilines is 1. The third-order valence-electron chi connectivity index (χ3n) is 4.17. The second-order valence-corrected chi connectivity index (χ2v) is 7.54. The lowest BCUT2D eigenvalue weighted by Gasteiger charge is -2.32. The molecule has 0 aliphatic carbocycles. The first-order valence-electron chi connectivity index (χ1n) is 8.35. The van der Waals surface area contributed by atoms with Crippen LogP contribution in [0.25, 0.3) is 0 Å².